The molecule has 0 spiro atoms. The Morgan fingerprint density at radius 1 is 0.964 bits per heavy atom. The Bertz CT molecular complexity index is 865. The van der Waals surface area contributed by atoms with Crippen LogP contribution in [-0.4, -0.2) is 33.3 Å². The molecule has 1 unspecified atom stereocenters. The van der Waals surface area contributed by atoms with E-state index in [-0.39, 0.29) is 0 Å². The predicted molar refractivity (Wildman–Crippen MR) is 110 cm³/mol. The highest BCUT2D eigenvalue weighted by Gasteiger charge is 2.32. The molecule has 0 aromatic heterocycles. The lowest BCUT2D eigenvalue weighted by atomic mass is 10.1. The van der Waals surface area contributed by atoms with E-state index in [4.69, 9.17) is 24.7 Å². The topological polar surface area (TPSA) is 66.2 Å². The summed E-state index contributed by atoms with van der Waals surface area (Å²) in [5.41, 5.74) is 8.17. The molecule has 6 heteroatoms. The molecule has 28 heavy (non-hydrogen) atoms. The minimum absolute atomic E-state index is 0.295. The number of rotatable bonds is 8. The average Bonchev–Trinajstić information content (AvgIpc) is 2.71. The highest BCUT2D eigenvalue weighted by atomic mass is 16.6. The van der Waals surface area contributed by atoms with Crippen LogP contribution in [0.1, 0.15) is 5.56 Å². The van der Waals surface area contributed by atoms with Crippen LogP contribution in [0.5, 0.6) is 17.2 Å². The van der Waals surface area contributed by atoms with Gasteiger partial charge in [0.15, 0.2) is 0 Å². The van der Waals surface area contributed by atoms with Gasteiger partial charge in [-0.15, -0.1) is 0 Å². The monoisotopic (exact) mass is 381 g/mol. The van der Waals surface area contributed by atoms with Crippen molar-refractivity contribution < 1.29 is 18.9 Å². The fourth-order valence-electron chi connectivity index (χ4n) is 2.89. The van der Waals surface area contributed by atoms with Gasteiger partial charge in [-0.3, -0.25) is 5.73 Å². The van der Waals surface area contributed by atoms with Crippen molar-refractivity contribution in [1.82, 2.24) is 0 Å². The first-order valence-corrected chi connectivity index (χ1v) is 8.90. The van der Waals surface area contributed by atoms with Gasteiger partial charge in [0.05, 0.1) is 20.8 Å². The van der Waals surface area contributed by atoms with E-state index >= 15 is 0 Å². The van der Waals surface area contributed by atoms with Crippen molar-refractivity contribution in [2.24, 2.45) is 5.73 Å². The standard InChI is InChI=1S/C22H25N2O4/c1-17-13-18(15-21(14-17)26-3)24-10-5-4-9-22(24,23)28-12-11-27-20-8-6-7-19(16-20)25-2/h4-10,13-16H,1,11-12,23H2,2-3H3. The minimum Gasteiger partial charge on any atom is -0.497 e. The SMILES string of the molecule is [CH2]c1cc(OC)cc(N2C=CC=CC2(N)OCCOc2cccc(OC)c2)c1. The molecule has 1 radical (unpaired) electrons. The Kier molecular flexibility index (Phi) is 6.23. The lowest BCUT2D eigenvalue weighted by Gasteiger charge is -2.39. The summed E-state index contributed by atoms with van der Waals surface area (Å²) in [6.07, 6.45) is 7.39. The lowest BCUT2D eigenvalue weighted by Crippen LogP contribution is -2.56. The van der Waals surface area contributed by atoms with Gasteiger partial charge in [0, 0.05) is 24.0 Å². The molecule has 0 fully saturated rings. The summed E-state index contributed by atoms with van der Waals surface area (Å²) in [5, 5.41) is 0. The molecule has 0 amide bonds. The van der Waals surface area contributed by atoms with Crippen LogP contribution in [-0.2, 0) is 4.74 Å². The summed E-state index contributed by atoms with van der Waals surface area (Å²) in [6, 6.07) is 13.1. The lowest BCUT2D eigenvalue weighted by molar-refractivity contribution is -0.0141. The van der Waals surface area contributed by atoms with E-state index in [1.54, 1.807) is 20.3 Å². The third kappa shape index (κ3) is 4.65. The first kappa shape index (κ1) is 19.8. The maximum absolute atomic E-state index is 6.53. The van der Waals surface area contributed by atoms with Crippen LogP contribution in [0, 0.1) is 6.92 Å². The van der Waals surface area contributed by atoms with Crippen molar-refractivity contribution in [3.05, 3.63) is 79.4 Å². The van der Waals surface area contributed by atoms with E-state index in [9.17, 15) is 0 Å². The number of allylic oxidation sites excluding steroid dienone is 2. The molecule has 6 nitrogen and oxygen atoms in total. The summed E-state index contributed by atoms with van der Waals surface area (Å²) in [5.74, 6) is 1.00. The second-order valence-electron chi connectivity index (χ2n) is 6.24. The zero-order chi connectivity index (χ0) is 20.0. The molecule has 1 atom stereocenters. The smallest absolute Gasteiger partial charge is 0.220 e. The average molecular weight is 381 g/mol. The van der Waals surface area contributed by atoms with Crippen LogP contribution in [0.15, 0.2) is 66.9 Å². The minimum atomic E-state index is -1.15. The van der Waals surface area contributed by atoms with Gasteiger partial charge in [0.1, 0.15) is 23.9 Å². The number of hydrogen-bond acceptors (Lipinski definition) is 6. The number of nitrogens with two attached hydrogens (primary N) is 1. The number of methoxy groups -OCH3 is 2. The highest BCUT2D eigenvalue weighted by Crippen LogP contribution is 2.30. The van der Waals surface area contributed by atoms with Crippen molar-refractivity contribution in [2.75, 3.05) is 32.3 Å². The normalized spacial score (nSPS) is 18.2. The van der Waals surface area contributed by atoms with Gasteiger partial charge in [-0.2, -0.15) is 0 Å². The van der Waals surface area contributed by atoms with Gasteiger partial charge in [0.2, 0.25) is 5.85 Å². The summed E-state index contributed by atoms with van der Waals surface area (Å²) in [7, 11) is 3.24. The summed E-state index contributed by atoms with van der Waals surface area (Å²) in [4.78, 5) is 1.83. The number of hydrogen-bond donors (Lipinski definition) is 1. The van der Waals surface area contributed by atoms with Gasteiger partial charge in [-0.25, -0.2) is 0 Å². The molecule has 147 valence electrons. The third-order valence-corrected chi connectivity index (χ3v) is 4.25. The van der Waals surface area contributed by atoms with E-state index in [2.05, 4.69) is 6.92 Å². The fourth-order valence-corrected chi connectivity index (χ4v) is 2.89. The second-order valence-corrected chi connectivity index (χ2v) is 6.24. The molecular formula is C22H25N2O4. The molecule has 0 aliphatic carbocycles. The molecule has 1 heterocycles. The fraction of sp³-hybridized carbons (Fsp3) is 0.227. The maximum Gasteiger partial charge on any atom is 0.220 e. The molecule has 2 aromatic carbocycles. The summed E-state index contributed by atoms with van der Waals surface area (Å²) < 4.78 is 22.2. The van der Waals surface area contributed by atoms with Gasteiger partial charge in [-0.05, 0) is 48.9 Å². The van der Waals surface area contributed by atoms with E-state index in [1.165, 1.54) is 0 Å². The molecule has 1 aliphatic rings. The Labute approximate surface area is 165 Å². The largest absolute Gasteiger partial charge is 0.497 e. The Balaban J connectivity index is 1.66. The van der Waals surface area contributed by atoms with Gasteiger partial charge in [0.25, 0.3) is 0 Å². The number of anilines is 1. The van der Waals surface area contributed by atoms with Gasteiger partial charge in [-0.1, -0.05) is 12.1 Å². The van der Waals surface area contributed by atoms with E-state index in [0.717, 1.165) is 17.0 Å². The van der Waals surface area contributed by atoms with E-state index in [0.29, 0.717) is 24.7 Å². The Morgan fingerprint density at radius 2 is 1.75 bits per heavy atom. The molecular weight excluding hydrogens is 356 g/mol. The van der Waals surface area contributed by atoms with Crippen LogP contribution in [0.4, 0.5) is 5.69 Å². The van der Waals surface area contributed by atoms with Crippen LogP contribution in [0.3, 0.4) is 0 Å². The molecule has 0 saturated carbocycles. The molecule has 3 rings (SSSR count). The van der Waals surface area contributed by atoms with Gasteiger partial charge >= 0.3 is 0 Å². The molecule has 1 aliphatic heterocycles. The third-order valence-electron chi connectivity index (χ3n) is 4.25. The zero-order valence-electron chi connectivity index (χ0n) is 16.1. The van der Waals surface area contributed by atoms with Crippen molar-refractivity contribution in [1.29, 1.82) is 0 Å². The maximum atomic E-state index is 6.53. The predicted octanol–water partition coefficient (Wildman–Crippen LogP) is 3.48. The zero-order valence-corrected chi connectivity index (χ0v) is 16.1. The Morgan fingerprint density at radius 3 is 2.54 bits per heavy atom. The summed E-state index contributed by atoms with van der Waals surface area (Å²) in [6.45, 7) is 4.63. The van der Waals surface area contributed by atoms with Crippen molar-refractivity contribution in [2.45, 2.75) is 5.85 Å². The van der Waals surface area contributed by atoms with Crippen LogP contribution in [0.2, 0.25) is 0 Å². The first-order chi connectivity index (χ1) is 13.5. The number of benzene rings is 2. The molecule has 0 saturated heterocycles. The van der Waals surface area contributed by atoms with E-state index in [1.807, 2.05) is 65.7 Å². The van der Waals surface area contributed by atoms with Crippen LogP contribution >= 0.6 is 0 Å². The van der Waals surface area contributed by atoms with E-state index < -0.39 is 5.85 Å². The van der Waals surface area contributed by atoms with Crippen molar-refractivity contribution in [3.63, 3.8) is 0 Å². The van der Waals surface area contributed by atoms with Crippen molar-refractivity contribution in [3.8, 4) is 17.2 Å². The van der Waals surface area contributed by atoms with Crippen LogP contribution in [0.25, 0.3) is 0 Å². The Hall–Kier alpha value is -2.96. The van der Waals surface area contributed by atoms with Gasteiger partial charge < -0.3 is 23.8 Å². The molecule has 2 N–H and O–H groups in total. The molecule has 0 bridgehead atoms. The number of ether oxygens (including phenoxy) is 4. The highest BCUT2D eigenvalue weighted by molar-refractivity contribution is 5.59. The second kappa shape index (κ2) is 8.82. The number of nitrogens with zero attached hydrogens (tertiary/aromatic N) is 1. The molecule has 2 aromatic rings. The first-order valence-electron chi connectivity index (χ1n) is 8.90. The summed E-state index contributed by atoms with van der Waals surface area (Å²) >= 11 is 0. The van der Waals surface area contributed by atoms with Crippen molar-refractivity contribution >= 4 is 5.69 Å². The van der Waals surface area contributed by atoms with Crippen LogP contribution < -0.4 is 24.8 Å². The quantitative estimate of drug-likeness (QED) is 0.558.